The molecule has 0 aliphatic heterocycles. The summed E-state index contributed by atoms with van der Waals surface area (Å²) >= 11 is 0. The van der Waals surface area contributed by atoms with Gasteiger partial charge in [0.1, 0.15) is 11.8 Å². The number of carbonyl (C=O) groups is 2. The quantitative estimate of drug-likeness (QED) is 0.106. The highest BCUT2D eigenvalue weighted by Crippen LogP contribution is 2.49. The first-order chi connectivity index (χ1) is 19.4. The summed E-state index contributed by atoms with van der Waals surface area (Å²) in [5, 5.41) is 0. The van der Waals surface area contributed by atoms with Crippen molar-refractivity contribution in [2.45, 2.75) is 60.1 Å². The lowest BCUT2D eigenvalue weighted by molar-refractivity contribution is -0.164. The SMILES string of the molecule is COCCOCC(C)(C)C(=O)OCOP(=O)(CCC[C@H](C)Cn1cnc2c(N)ncnc21)OCOC(=O)OC(C)C. The Morgan fingerprint density at radius 2 is 1.78 bits per heavy atom. The lowest BCUT2D eigenvalue weighted by Crippen LogP contribution is -2.32. The maximum atomic E-state index is 13.5. The van der Waals surface area contributed by atoms with Gasteiger partial charge in [-0.25, -0.2) is 19.7 Å². The van der Waals surface area contributed by atoms with E-state index in [2.05, 4.69) is 15.0 Å². The van der Waals surface area contributed by atoms with E-state index in [0.29, 0.717) is 49.6 Å². The number of methoxy groups -OCH3 is 1. The second-order valence-electron chi connectivity index (χ2n) is 10.3. The number of fused-ring (bicyclic) bond motifs is 1. The smallest absolute Gasteiger partial charge is 0.437 e. The Kier molecular flexibility index (Phi) is 13.9. The third-order valence-corrected chi connectivity index (χ3v) is 7.57. The van der Waals surface area contributed by atoms with Crippen LogP contribution in [0.4, 0.5) is 10.6 Å². The zero-order chi connectivity index (χ0) is 30.5. The average Bonchev–Trinajstić information content (AvgIpc) is 3.30. The number of imidazole rings is 1. The van der Waals surface area contributed by atoms with Crippen molar-refractivity contribution in [3.05, 3.63) is 12.7 Å². The van der Waals surface area contributed by atoms with Gasteiger partial charge in [0, 0.05) is 13.7 Å². The number of carbonyl (C=O) groups excluding carboxylic acids is 2. The molecule has 2 rings (SSSR count). The number of nitrogens with two attached hydrogens (primary N) is 1. The minimum atomic E-state index is -3.83. The normalized spacial score (nSPS) is 14.1. The van der Waals surface area contributed by atoms with Crippen LogP contribution >= 0.6 is 7.60 Å². The molecule has 2 aromatic heterocycles. The molecule has 16 heteroatoms. The lowest BCUT2D eigenvalue weighted by Gasteiger charge is -2.23. The maximum Gasteiger partial charge on any atom is 0.510 e. The van der Waals surface area contributed by atoms with Crippen molar-refractivity contribution in [3.8, 4) is 0 Å². The van der Waals surface area contributed by atoms with Crippen LogP contribution in [0.1, 0.15) is 47.5 Å². The molecule has 1 unspecified atom stereocenters. The van der Waals surface area contributed by atoms with E-state index in [1.165, 1.54) is 6.33 Å². The van der Waals surface area contributed by atoms with E-state index in [9.17, 15) is 14.2 Å². The van der Waals surface area contributed by atoms with Crippen LogP contribution in [-0.2, 0) is 48.6 Å². The van der Waals surface area contributed by atoms with Gasteiger partial charge >= 0.3 is 19.7 Å². The summed E-state index contributed by atoms with van der Waals surface area (Å²) < 4.78 is 51.3. The molecule has 0 aliphatic carbocycles. The number of nitrogen functional groups attached to an aromatic ring is 1. The second kappa shape index (κ2) is 16.6. The van der Waals surface area contributed by atoms with Crippen molar-refractivity contribution in [2.75, 3.05) is 52.4 Å². The predicted molar refractivity (Wildman–Crippen MR) is 148 cm³/mol. The van der Waals surface area contributed by atoms with Gasteiger partial charge in [0.25, 0.3) is 0 Å². The van der Waals surface area contributed by atoms with Crippen molar-refractivity contribution < 1.29 is 46.9 Å². The number of nitrogens with zero attached hydrogens (tertiary/aromatic N) is 4. The molecule has 2 aromatic rings. The largest absolute Gasteiger partial charge is 0.510 e. The molecule has 0 aliphatic rings. The van der Waals surface area contributed by atoms with E-state index < -0.39 is 44.8 Å². The topological polar surface area (TPSA) is 185 Å². The Hall–Kier alpha value is -2.84. The van der Waals surface area contributed by atoms with Crippen LogP contribution in [0.15, 0.2) is 12.7 Å². The molecule has 0 radical (unpaired) electrons. The molecule has 0 fully saturated rings. The van der Waals surface area contributed by atoms with Gasteiger partial charge in [-0.05, 0) is 46.5 Å². The molecule has 0 saturated carbocycles. The van der Waals surface area contributed by atoms with Crippen LogP contribution in [0.5, 0.6) is 0 Å². The standard InChI is InChI=1S/C25H42N5O10P/c1-18(2)40-24(32)37-17-39-41(33,38-16-36-23(31)25(4,5)13-35-10-9-34-6)11-7-8-19(3)12-30-15-29-20-21(26)27-14-28-22(20)30/h14-15,18-19H,7-13,16-17H2,1-6H3,(H2,26,27,28)/t19-,41?/m0/s1. The minimum Gasteiger partial charge on any atom is -0.437 e. The third-order valence-electron chi connectivity index (χ3n) is 5.71. The van der Waals surface area contributed by atoms with E-state index in [1.54, 1.807) is 41.1 Å². The molecule has 15 nitrogen and oxygen atoms in total. The van der Waals surface area contributed by atoms with Crippen molar-refractivity contribution in [3.63, 3.8) is 0 Å². The highest BCUT2D eigenvalue weighted by Gasteiger charge is 2.32. The Bertz CT molecular complexity index is 1160. The fraction of sp³-hybridized carbons (Fsp3) is 0.720. The average molecular weight is 604 g/mol. The molecule has 0 bridgehead atoms. The summed E-state index contributed by atoms with van der Waals surface area (Å²) in [6.45, 7) is 8.75. The number of anilines is 1. The molecule has 2 N–H and O–H groups in total. The summed E-state index contributed by atoms with van der Waals surface area (Å²) in [5.74, 6) is -0.172. The Balaban J connectivity index is 1.92. The van der Waals surface area contributed by atoms with Gasteiger partial charge < -0.3 is 34.0 Å². The number of hydrogen-bond acceptors (Lipinski definition) is 14. The lowest BCUT2D eigenvalue weighted by atomic mass is 9.95. The van der Waals surface area contributed by atoms with Crippen LogP contribution in [0.3, 0.4) is 0 Å². The number of rotatable bonds is 19. The van der Waals surface area contributed by atoms with Gasteiger partial charge in [0.15, 0.2) is 11.5 Å². The molecule has 41 heavy (non-hydrogen) atoms. The van der Waals surface area contributed by atoms with E-state index in [-0.39, 0.29) is 18.7 Å². The number of ether oxygens (including phenoxy) is 5. The van der Waals surface area contributed by atoms with Gasteiger partial charge in [-0.15, -0.1) is 0 Å². The first-order valence-electron chi connectivity index (χ1n) is 13.2. The molecular weight excluding hydrogens is 561 g/mol. The molecule has 2 atom stereocenters. The van der Waals surface area contributed by atoms with Gasteiger partial charge in [0.05, 0.1) is 43.8 Å². The summed E-state index contributed by atoms with van der Waals surface area (Å²) in [7, 11) is -2.29. The molecule has 0 spiro atoms. The van der Waals surface area contributed by atoms with Gasteiger partial charge in [-0.1, -0.05) is 6.92 Å². The van der Waals surface area contributed by atoms with Gasteiger partial charge in [-0.3, -0.25) is 18.4 Å². The summed E-state index contributed by atoms with van der Waals surface area (Å²) in [5.41, 5.74) is 6.04. The van der Waals surface area contributed by atoms with E-state index >= 15 is 0 Å². The highest BCUT2D eigenvalue weighted by atomic mass is 31.2. The molecule has 0 amide bonds. The molecule has 232 valence electrons. The first-order valence-corrected chi connectivity index (χ1v) is 15.0. The zero-order valence-corrected chi connectivity index (χ0v) is 25.5. The van der Waals surface area contributed by atoms with Gasteiger partial charge in [0.2, 0.25) is 13.6 Å². The highest BCUT2D eigenvalue weighted by molar-refractivity contribution is 7.53. The summed E-state index contributed by atoms with van der Waals surface area (Å²) in [6.07, 6.45) is 2.72. The maximum absolute atomic E-state index is 13.5. The Morgan fingerprint density at radius 1 is 1.07 bits per heavy atom. The molecule has 2 heterocycles. The van der Waals surface area contributed by atoms with Crippen molar-refractivity contribution in [1.29, 1.82) is 0 Å². The minimum absolute atomic E-state index is 0.0131. The second-order valence-corrected chi connectivity index (χ2v) is 12.5. The molecule has 0 saturated heterocycles. The summed E-state index contributed by atoms with van der Waals surface area (Å²) in [6, 6.07) is 0. The fourth-order valence-corrected chi connectivity index (χ4v) is 4.85. The van der Waals surface area contributed by atoms with E-state index in [1.807, 2.05) is 11.5 Å². The fourth-order valence-electron chi connectivity index (χ4n) is 3.52. The van der Waals surface area contributed by atoms with E-state index in [0.717, 1.165) is 0 Å². The molecule has 0 aromatic carbocycles. The first kappa shape index (κ1) is 34.4. The van der Waals surface area contributed by atoms with Gasteiger partial charge in [-0.2, -0.15) is 0 Å². The molecular formula is C25H42N5O10P. The van der Waals surface area contributed by atoms with E-state index in [4.69, 9.17) is 38.5 Å². The summed E-state index contributed by atoms with van der Waals surface area (Å²) in [4.78, 5) is 36.7. The van der Waals surface area contributed by atoms with Crippen molar-refractivity contribution in [1.82, 2.24) is 19.5 Å². The Labute approximate surface area is 239 Å². The van der Waals surface area contributed by atoms with Crippen LogP contribution in [0.25, 0.3) is 11.2 Å². The monoisotopic (exact) mass is 603 g/mol. The number of esters is 1. The Morgan fingerprint density at radius 3 is 2.46 bits per heavy atom. The van der Waals surface area contributed by atoms with Crippen molar-refractivity contribution in [2.24, 2.45) is 11.3 Å². The van der Waals surface area contributed by atoms with Crippen LogP contribution < -0.4 is 5.73 Å². The zero-order valence-electron chi connectivity index (χ0n) is 24.6. The van der Waals surface area contributed by atoms with Crippen LogP contribution in [0.2, 0.25) is 0 Å². The predicted octanol–water partition coefficient (Wildman–Crippen LogP) is 3.76. The third kappa shape index (κ3) is 11.9. The number of hydrogen-bond donors (Lipinski definition) is 1. The van der Waals surface area contributed by atoms with Crippen LogP contribution in [-0.4, -0.2) is 84.4 Å². The van der Waals surface area contributed by atoms with Crippen LogP contribution in [0, 0.1) is 11.3 Å². The van der Waals surface area contributed by atoms with Crippen molar-refractivity contribution >= 4 is 36.7 Å². The number of aromatic nitrogens is 4.